The van der Waals surface area contributed by atoms with Crippen molar-refractivity contribution < 1.29 is 80.2 Å². The molecule has 0 heterocycles. The Morgan fingerprint density at radius 2 is 0.464 bits per heavy atom. The number of phosphoric acid groups is 2. The fourth-order valence-corrected chi connectivity index (χ4v) is 15.8. The van der Waals surface area contributed by atoms with Gasteiger partial charge in [0.25, 0.3) is 0 Å². The first-order valence-electron chi connectivity index (χ1n) is 46.9. The maximum atomic E-state index is 13.2. The topological polar surface area (TPSA) is 237 Å². The van der Waals surface area contributed by atoms with Gasteiger partial charge in [-0.15, -0.1) is 0 Å². The number of aliphatic hydroxyl groups is 1. The van der Waals surface area contributed by atoms with Crippen LogP contribution in [0.4, 0.5) is 0 Å². The Labute approximate surface area is 677 Å². The van der Waals surface area contributed by atoms with Crippen LogP contribution in [0, 0.1) is 17.8 Å². The summed E-state index contributed by atoms with van der Waals surface area (Å²) in [6.45, 7) is 12.1. The van der Waals surface area contributed by atoms with Crippen molar-refractivity contribution in [3.05, 3.63) is 0 Å². The predicted octanol–water partition coefficient (Wildman–Crippen LogP) is 28.0. The minimum absolute atomic E-state index is 0.108. The number of carbonyl (C=O) groups is 4. The van der Waals surface area contributed by atoms with Crippen LogP contribution < -0.4 is 0 Å². The van der Waals surface area contributed by atoms with E-state index in [1.165, 1.54) is 289 Å². The first-order chi connectivity index (χ1) is 53.3. The van der Waals surface area contributed by atoms with Crippen LogP contribution in [0.2, 0.25) is 0 Å². The van der Waals surface area contributed by atoms with Crippen LogP contribution in [-0.2, 0) is 65.4 Å². The van der Waals surface area contributed by atoms with Crippen molar-refractivity contribution in [1.29, 1.82) is 0 Å². The van der Waals surface area contributed by atoms with Gasteiger partial charge in [0, 0.05) is 25.7 Å². The van der Waals surface area contributed by atoms with E-state index in [-0.39, 0.29) is 25.7 Å². The van der Waals surface area contributed by atoms with Gasteiger partial charge in [-0.25, -0.2) is 9.13 Å². The van der Waals surface area contributed by atoms with Gasteiger partial charge in [0.15, 0.2) is 12.2 Å². The average molecular weight is 1610 g/mol. The molecular formula is C91H178O17P2. The number of hydrogen-bond acceptors (Lipinski definition) is 15. The minimum Gasteiger partial charge on any atom is -0.462 e. The predicted molar refractivity (Wildman–Crippen MR) is 455 cm³/mol. The Bertz CT molecular complexity index is 2120. The van der Waals surface area contributed by atoms with Crippen LogP contribution in [0.25, 0.3) is 0 Å². The highest BCUT2D eigenvalue weighted by molar-refractivity contribution is 7.47. The summed E-state index contributed by atoms with van der Waals surface area (Å²) in [7, 11) is -9.94. The van der Waals surface area contributed by atoms with E-state index in [4.69, 9.17) is 37.0 Å². The van der Waals surface area contributed by atoms with E-state index < -0.39 is 97.5 Å². The summed E-state index contributed by atoms with van der Waals surface area (Å²) in [5.41, 5.74) is 0. The molecule has 0 aliphatic carbocycles. The largest absolute Gasteiger partial charge is 0.472 e. The van der Waals surface area contributed by atoms with Crippen molar-refractivity contribution in [1.82, 2.24) is 0 Å². The third-order valence-electron chi connectivity index (χ3n) is 21.7. The zero-order valence-corrected chi connectivity index (χ0v) is 74.5. The average Bonchev–Trinajstić information content (AvgIpc) is 0.900. The quantitative estimate of drug-likeness (QED) is 0.0222. The molecule has 0 saturated heterocycles. The fourth-order valence-electron chi connectivity index (χ4n) is 14.2. The van der Waals surface area contributed by atoms with Gasteiger partial charge in [-0.05, 0) is 43.4 Å². The van der Waals surface area contributed by atoms with E-state index in [2.05, 4.69) is 48.5 Å². The van der Waals surface area contributed by atoms with Crippen LogP contribution in [0.1, 0.15) is 485 Å². The summed E-state index contributed by atoms with van der Waals surface area (Å²) in [6.07, 6.45) is 73.8. The number of aliphatic hydroxyl groups excluding tert-OH is 1. The molecule has 0 fully saturated rings. The summed E-state index contributed by atoms with van der Waals surface area (Å²) < 4.78 is 69.0. The number of carbonyl (C=O) groups excluding carboxylic acids is 4. The summed E-state index contributed by atoms with van der Waals surface area (Å²) in [5.74, 6) is 0.289. The SMILES string of the molecule is CCCCCCCCCCCCCCCCCCCCCC(=O)O[C@H](COC(=O)CCCCCCCCCC(C)C)COP(=O)(O)OC[C@H](O)COP(=O)(O)OC[C@@H](COC(=O)CCCCCCCCCCCCCCCCCCC(C)C)OC(=O)CCCCCCCCCCCCCCCCCCCCC(C)CC. The Kier molecular flexibility index (Phi) is 79.4. The molecule has 3 N–H and O–H groups in total. The van der Waals surface area contributed by atoms with Crippen molar-refractivity contribution in [2.45, 2.75) is 503 Å². The van der Waals surface area contributed by atoms with E-state index in [0.29, 0.717) is 31.6 Å². The summed E-state index contributed by atoms with van der Waals surface area (Å²) in [4.78, 5) is 73.4. The first-order valence-corrected chi connectivity index (χ1v) is 49.9. The molecule has 0 spiro atoms. The molecule has 6 atom stereocenters. The molecule has 0 aromatic heterocycles. The van der Waals surface area contributed by atoms with Gasteiger partial charge in [-0.1, -0.05) is 434 Å². The molecule has 0 amide bonds. The minimum atomic E-state index is -4.97. The smallest absolute Gasteiger partial charge is 0.462 e. The van der Waals surface area contributed by atoms with E-state index in [9.17, 15) is 43.2 Å². The van der Waals surface area contributed by atoms with Crippen molar-refractivity contribution in [2.24, 2.45) is 17.8 Å². The van der Waals surface area contributed by atoms with E-state index in [0.717, 1.165) is 108 Å². The summed E-state index contributed by atoms with van der Waals surface area (Å²) in [6, 6.07) is 0. The normalized spacial score (nSPS) is 14.0. The van der Waals surface area contributed by atoms with Gasteiger partial charge in [-0.2, -0.15) is 0 Å². The fraction of sp³-hybridized carbons (Fsp3) is 0.956. The van der Waals surface area contributed by atoms with Gasteiger partial charge in [0.05, 0.1) is 26.4 Å². The molecule has 110 heavy (non-hydrogen) atoms. The first kappa shape index (κ1) is 108. The lowest BCUT2D eigenvalue weighted by molar-refractivity contribution is -0.161. The van der Waals surface area contributed by atoms with Crippen LogP contribution in [0.15, 0.2) is 0 Å². The second-order valence-electron chi connectivity index (χ2n) is 33.9. The molecule has 0 aromatic rings. The van der Waals surface area contributed by atoms with Crippen molar-refractivity contribution >= 4 is 39.5 Å². The van der Waals surface area contributed by atoms with Gasteiger partial charge >= 0.3 is 39.5 Å². The number of ether oxygens (including phenoxy) is 4. The number of hydrogen-bond donors (Lipinski definition) is 3. The zero-order chi connectivity index (χ0) is 80.8. The van der Waals surface area contributed by atoms with E-state index in [1.807, 2.05) is 0 Å². The summed E-state index contributed by atoms with van der Waals surface area (Å²) >= 11 is 0. The van der Waals surface area contributed by atoms with Crippen LogP contribution in [0.3, 0.4) is 0 Å². The van der Waals surface area contributed by atoms with Gasteiger partial charge in [0.1, 0.15) is 19.3 Å². The highest BCUT2D eigenvalue weighted by Gasteiger charge is 2.31. The molecule has 19 heteroatoms. The maximum Gasteiger partial charge on any atom is 0.472 e. The Hall–Kier alpha value is -1.94. The second-order valence-corrected chi connectivity index (χ2v) is 36.8. The molecule has 0 aliphatic heterocycles. The number of esters is 4. The molecular weight excluding hydrogens is 1430 g/mol. The van der Waals surface area contributed by atoms with E-state index in [1.54, 1.807) is 0 Å². The standard InChI is InChI=1S/C91H178O17P2/c1-8-10-11-12-13-14-15-16-17-18-19-23-30-35-40-45-52-60-68-75-91(96)108-87(79-102-89(94)73-66-59-54-47-49-56-63-70-83(5)6)81-106-110(99,100)104-77-85(92)76-103-109(97,98)105-80-86(78-101-88(93)72-65-58-51-44-39-34-29-26-25-27-32-37-42-48-55-62-69-82(3)4)107-90(95)74-67-61-53-46-41-36-31-24-21-20-22-28-33-38-43-50-57-64-71-84(7)9-2/h82-87,92H,8-81H2,1-7H3,(H,97,98)(H,99,100)/t84?,85-,86-,87-/m1/s1. The molecule has 654 valence electrons. The molecule has 0 bridgehead atoms. The third-order valence-corrected chi connectivity index (χ3v) is 23.6. The maximum absolute atomic E-state index is 13.2. The van der Waals surface area contributed by atoms with Gasteiger partial charge in [0.2, 0.25) is 0 Å². The lowest BCUT2D eigenvalue weighted by Crippen LogP contribution is -2.30. The highest BCUT2D eigenvalue weighted by atomic mass is 31.2. The molecule has 0 saturated carbocycles. The monoisotopic (exact) mass is 1610 g/mol. The number of rotatable bonds is 89. The number of phosphoric ester groups is 2. The molecule has 0 aliphatic rings. The Balaban J connectivity index is 5.22. The second kappa shape index (κ2) is 80.8. The molecule has 0 radical (unpaired) electrons. The van der Waals surface area contributed by atoms with Gasteiger partial charge in [-0.3, -0.25) is 37.3 Å². The van der Waals surface area contributed by atoms with E-state index >= 15 is 0 Å². The van der Waals surface area contributed by atoms with Crippen LogP contribution in [0.5, 0.6) is 0 Å². The van der Waals surface area contributed by atoms with Crippen LogP contribution >= 0.6 is 15.6 Å². The Morgan fingerprint density at radius 1 is 0.264 bits per heavy atom. The summed E-state index contributed by atoms with van der Waals surface area (Å²) in [5, 5.41) is 10.7. The van der Waals surface area contributed by atoms with Crippen molar-refractivity contribution in [3.63, 3.8) is 0 Å². The van der Waals surface area contributed by atoms with Crippen molar-refractivity contribution in [3.8, 4) is 0 Å². The Morgan fingerprint density at radius 3 is 0.691 bits per heavy atom. The lowest BCUT2D eigenvalue weighted by atomic mass is 9.99. The lowest BCUT2D eigenvalue weighted by Gasteiger charge is -2.21. The number of unbranched alkanes of at least 4 members (excludes halogenated alkanes) is 56. The van der Waals surface area contributed by atoms with Gasteiger partial charge < -0.3 is 33.8 Å². The molecule has 0 rings (SSSR count). The van der Waals surface area contributed by atoms with Crippen LogP contribution in [-0.4, -0.2) is 96.7 Å². The molecule has 3 unspecified atom stereocenters. The highest BCUT2D eigenvalue weighted by Crippen LogP contribution is 2.45. The van der Waals surface area contributed by atoms with Crippen molar-refractivity contribution in [2.75, 3.05) is 39.6 Å². The molecule has 0 aromatic carbocycles. The molecule has 17 nitrogen and oxygen atoms in total. The zero-order valence-electron chi connectivity index (χ0n) is 72.7. The third kappa shape index (κ3) is 82.6.